The predicted octanol–water partition coefficient (Wildman–Crippen LogP) is 2.60. The zero-order chi connectivity index (χ0) is 13.0. The molecular weight excluding hydrogens is 224 g/mol. The molecule has 0 bridgehead atoms. The highest BCUT2D eigenvalue weighted by Crippen LogP contribution is 2.24. The summed E-state index contributed by atoms with van der Waals surface area (Å²) in [6.45, 7) is 1.85. The van der Waals surface area contributed by atoms with Crippen LogP contribution in [0, 0.1) is 0 Å². The van der Waals surface area contributed by atoms with Crippen molar-refractivity contribution in [2.45, 2.75) is 19.3 Å². The molecule has 0 fully saturated rings. The van der Waals surface area contributed by atoms with Gasteiger partial charge in [-0.1, -0.05) is 61.5 Å². The van der Waals surface area contributed by atoms with Gasteiger partial charge in [-0.25, -0.2) is 0 Å². The second kappa shape index (κ2) is 5.50. The van der Waals surface area contributed by atoms with Gasteiger partial charge < -0.3 is 9.90 Å². The lowest BCUT2D eigenvalue weighted by molar-refractivity contribution is -0.308. The Kier molecular flexibility index (Phi) is 3.78. The maximum Gasteiger partial charge on any atom is 0.0489 e. The maximum atomic E-state index is 11.0. The van der Waals surface area contributed by atoms with E-state index in [1.54, 1.807) is 0 Å². The van der Waals surface area contributed by atoms with Gasteiger partial charge in [0.15, 0.2) is 0 Å². The summed E-state index contributed by atoms with van der Waals surface area (Å²) < 4.78 is 0. The number of benzene rings is 2. The number of carbonyl (C=O) groups is 1. The molecule has 0 amide bonds. The molecule has 0 N–H and O–H groups in total. The third-order valence-corrected chi connectivity index (χ3v) is 3.11. The van der Waals surface area contributed by atoms with Crippen molar-refractivity contribution in [2.24, 2.45) is 0 Å². The smallest absolute Gasteiger partial charge is 0.0489 e. The number of aliphatic carboxylic acids is 1. The van der Waals surface area contributed by atoms with Crippen LogP contribution >= 0.6 is 0 Å². The molecule has 1 atom stereocenters. The zero-order valence-electron chi connectivity index (χ0n) is 10.3. The van der Waals surface area contributed by atoms with E-state index in [1.807, 2.05) is 61.5 Å². The van der Waals surface area contributed by atoms with Crippen LogP contribution < -0.4 is 5.11 Å². The quantitative estimate of drug-likeness (QED) is 0.822. The average Bonchev–Trinajstić information content (AvgIpc) is 2.41. The highest BCUT2D eigenvalue weighted by molar-refractivity contribution is 5.74. The Balaban J connectivity index is 2.28. The molecular formula is C16H15O2-. The van der Waals surface area contributed by atoms with E-state index < -0.39 is 11.9 Å². The number of hydrogen-bond donors (Lipinski definition) is 0. The van der Waals surface area contributed by atoms with Crippen LogP contribution in [-0.4, -0.2) is 5.97 Å². The van der Waals surface area contributed by atoms with Crippen LogP contribution in [0.2, 0.25) is 0 Å². The lowest BCUT2D eigenvalue weighted by atomic mass is 9.94. The van der Waals surface area contributed by atoms with E-state index in [-0.39, 0.29) is 0 Å². The van der Waals surface area contributed by atoms with Gasteiger partial charge >= 0.3 is 0 Å². The van der Waals surface area contributed by atoms with E-state index >= 15 is 0 Å². The highest BCUT2D eigenvalue weighted by atomic mass is 16.4. The molecule has 0 aliphatic carbocycles. The summed E-state index contributed by atoms with van der Waals surface area (Å²) in [6.07, 6.45) is 0.549. The fourth-order valence-electron chi connectivity index (χ4n) is 2.08. The first-order valence-electron chi connectivity index (χ1n) is 6.08. The summed E-state index contributed by atoms with van der Waals surface area (Å²) in [5, 5.41) is 11.0. The molecule has 0 saturated carbocycles. The maximum absolute atomic E-state index is 11.0. The van der Waals surface area contributed by atoms with E-state index in [1.165, 1.54) is 0 Å². The molecule has 2 heteroatoms. The number of carbonyl (C=O) groups excluding carboxylic acids is 1. The third-order valence-electron chi connectivity index (χ3n) is 3.11. The predicted molar refractivity (Wildman–Crippen MR) is 69.9 cm³/mol. The molecule has 2 aromatic rings. The van der Waals surface area contributed by atoms with Gasteiger partial charge in [0.25, 0.3) is 0 Å². The van der Waals surface area contributed by atoms with Gasteiger partial charge in [0.1, 0.15) is 0 Å². The Labute approximate surface area is 107 Å². The van der Waals surface area contributed by atoms with Gasteiger partial charge in [0, 0.05) is 11.9 Å². The first-order chi connectivity index (χ1) is 8.72. The Morgan fingerprint density at radius 1 is 1.00 bits per heavy atom. The number of rotatable bonds is 4. The minimum atomic E-state index is -1.01. The minimum Gasteiger partial charge on any atom is -0.549 e. The Morgan fingerprint density at radius 2 is 1.56 bits per heavy atom. The summed E-state index contributed by atoms with van der Waals surface area (Å²) in [7, 11) is 0. The highest BCUT2D eigenvalue weighted by Gasteiger charge is 2.10. The van der Waals surface area contributed by atoms with E-state index in [2.05, 4.69) is 0 Å². The Hall–Kier alpha value is -2.09. The molecule has 1 unspecified atom stereocenters. The minimum absolute atomic E-state index is 0.519. The molecule has 0 saturated heterocycles. The molecule has 2 nitrogen and oxygen atoms in total. The molecule has 0 aliphatic rings. The molecule has 0 spiro atoms. The SMILES string of the molecule is CCC(C(=O)[O-])c1ccc(-c2ccccc2)cc1. The summed E-state index contributed by atoms with van der Waals surface area (Å²) in [5.41, 5.74) is 3.02. The third kappa shape index (κ3) is 2.59. The molecule has 2 aromatic carbocycles. The fourth-order valence-corrected chi connectivity index (χ4v) is 2.08. The lowest BCUT2D eigenvalue weighted by Gasteiger charge is -2.16. The number of carboxylic acids is 1. The van der Waals surface area contributed by atoms with Gasteiger partial charge in [-0.15, -0.1) is 0 Å². The van der Waals surface area contributed by atoms with Crippen LogP contribution in [0.1, 0.15) is 24.8 Å². The second-order valence-electron chi connectivity index (χ2n) is 4.27. The molecule has 2 rings (SSSR count). The van der Waals surface area contributed by atoms with Crippen LogP contribution in [0.5, 0.6) is 0 Å². The van der Waals surface area contributed by atoms with E-state index in [4.69, 9.17) is 0 Å². The molecule has 0 radical (unpaired) electrons. The van der Waals surface area contributed by atoms with Crippen LogP contribution in [0.4, 0.5) is 0 Å². The van der Waals surface area contributed by atoms with E-state index in [0.717, 1.165) is 16.7 Å². The van der Waals surface area contributed by atoms with Crippen molar-refractivity contribution in [3.63, 3.8) is 0 Å². The van der Waals surface area contributed by atoms with Gasteiger partial charge in [-0.3, -0.25) is 0 Å². The van der Waals surface area contributed by atoms with Crippen molar-refractivity contribution in [1.82, 2.24) is 0 Å². The summed E-state index contributed by atoms with van der Waals surface area (Å²) in [5.74, 6) is -1.53. The van der Waals surface area contributed by atoms with Crippen molar-refractivity contribution in [3.05, 3.63) is 60.2 Å². The van der Waals surface area contributed by atoms with Crippen LogP contribution in [-0.2, 0) is 4.79 Å². The molecule has 0 aromatic heterocycles. The second-order valence-corrected chi connectivity index (χ2v) is 4.27. The molecule has 18 heavy (non-hydrogen) atoms. The number of carboxylic acid groups (broad SMARTS) is 1. The molecule has 92 valence electrons. The van der Waals surface area contributed by atoms with Crippen molar-refractivity contribution < 1.29 is 9.90 Å². The lowest BCUT2D eigenvalue weighted by Crippen LogP contribution is -2.29. The summed E-state index contributed by atoms with van der Waals surface area (Å²) in [4.78, 5) is 11.0. The van der Waals surface area contributed by atoms with Gasteiger partial charge in [-0.2, -0.15) is 0 Å². The van der Waals surface area contributed by atoms with Crippen molar-refractivity contribution in [1.29, 1.82) is 0 Å². The largest absolute Gasteiger partial charge is 0.549 e. The van der Waals surface area contributed by atoms with Gasteiger partial charge in [-0.05, 0) is 23.1 Å². The molecule has 0 aliphatic heterocycles. The van der Waals surface area contributed by atoms with Crippen LogP contribution in [0.25, 0.3) is 11.1 Å². The van der Waals surface area contributed by atoms with Crippen LogP contribution in [0.3, 0.4) is 0 Å². The van der Waals surface area contributed by atoms with Crippen molar-refractivity contribution in [3.8, 4) is 11.1 Å². The first-order valence-corrected chi connectivity index (χ1v) is 6.08. The van der Waals surface area contributed by atoms with E-state index in [0.29, 0.717) is 6.42 Å². The topological polar surface area (TPSA) is 40.1 Å². The van der Waals surface area contributed by atoms with Gasteiger partial charge in [0.2, 0.25) is 0 Å². The first kappa shape index (κ1) is 12.4. The Bertz CT molecular complexity index is 515. The van der Waals surface area contributed by atoms with Crippen molar-refractivity contribution >= 4 is 5.97 Å². The zero-order valence-corrected chi connectivity index (χ0v) is 10.3. The molecule has 0 heterocycles. The Morgan fingerprint density at radius 3 is 2.06 bits per heavy atom. The summed E-state index contributed by atoms with van der Waals surface area (Å²) >= 11 is 0. The average molecular weight is 239 g/mol. The number of hydrogen-bond acceptors (Lipinski definition) is 2. The van der Waals surface area contributed by atoms with Crippen LogP contribution in [0.15, 0.2) is 54.6 Å². The monoisotopic (exact) mass is 239 g/mol. The van der Waals surface area contributed by atoms with Gasteiger partial charge in [0.05, 0.1) is 0 Å². The van der Waals surface area contributed by atoms with Crippen molar-refractivity contribution in [2.75, 3.05) is 0 Å². The normalized spacial score (nSPS) is 12.1. The van der Waals surface area contributed by atoms with E-state index in [9.17, 15) is 9.90 Å². The standard InChI is InChI=1S/C16H16O2/c1-2-15(16(17)18)14-10-8-13(9-11-14)12-6-4-3-5-7-12/h3-11,15H,2H2,1H3,(H,17,18)/p-1. The summed E-state index contributed by atoms with van der Waals surface area (Å²) in [6, 6.07) is 17.7. The fraction of sp³-hybridized carbons (Fsp3) is 0.188.